The van der Waals surface area contributed by atoms with Crippen LogP contribution in [0.3, 0.4) is 0 Å². The molecule has 2 rings (SSSR count). The number of anilines is 1. The summed E-state index contributed by atoms with van der Waals surface area (Å²) in [7, 11) is 0. The third kappa shape index (κ3) is 1.63. The molecule has 0 fully saturated rings. The van der Waals surface area contributed by atoms with Gasteiger partial charge in [0.2, 0.25) is 5.82 Å². The molecule has 0 aliphatic rings. The van der Waals surface area contributed by atoms with Crippen LogP contribution in [0.4, 0.5) is 6.01 Å². The molecular formula is C9H8BrN3O. The van der Waals surface area contributed by atoms with Gasteiger partial charge >= 0.3 is 6.01 Å². The molecule has 0 unspecified atom stereocenters. The Balaban J connectivity index is 2.55. The van der Waals surface area contributed by atoms with E-state index < -0.39 is 0 Å². The molecule has 0 bridgehead atoms. The van der Waals surface area contributed by atoms with Gasteiger partial charge < -0.3 is 10.3 Å². The highest BCUT2D eigenvalue weighted by atomic mass is 79.9. The van der Waals surface area contributed by atoms with E-state index in [1.54, 1.807) is 0 Å². The zero-order valence-electron chi connectivity index (χ0n) is 7.49. The highest BCUT2D eigenvalue weighted by Gasteiger charge is 2.08. The summed E-state index contributed by atoms with van der Waals surface area (Å²) >= 11 is 3.38. The van der Waals surface area contributed by atoms with Gasteiger partial charge in [-0.3, -0.25) is 0 Å². The van der Waals surface area contributed by atoms with Crippen LogP contribution in [0.2, 0.25) is 0 Å². The van der Waals surface area contributed by atoms with Crippen LogP contribution >= 0.6 is 15.9 Å². The Morgan fingerprint density at radius 1 is 1.43 bits per heavy atom. The number of aromatic nitrogens is 2. The number of benzene rings is 1. The number of nitrogens with two attached hydrogens (primary N) is 1. The summed E-state index contributed by atoms with van der Waals surface area (Å²) in [6.45, 7) is 1.98. The molecule has 0 saturated carbocycles. The number of rotatable bonds is 1. The molecule has 1 aromatic heterocycles. The van der Waals surface area contributed by atoms with E-state index in [0.29, 0.717) is 5.82 Å². The number of hydrogen-bond donors (Lipinski definition) is 1. The maximum atomic E-state index is 5.35. The lowest BCUT2D eigenvalue weighted by Gasteiger charge is -2.00. The zero-order chi connectivity index (χ0) is 10.1. The minimum absolute atomic E-state index is 0.0828. The van der Waals surface area contributed by atoms with Crippen LogP contribution in [0.15, 0.2) is 27.2 Å². The average Bonchev–Trinajstić information content (AvgIpc) is 2.56. The fourth-order valence-corrected chi connectivity index (χ4v) is 1.54. The summed E-state index contributed by atoms with van der Waals surface area (Å²) in [6, 6.07) is 5.95. The lowest BCUT2D eigenvalue weighted by Crippen LogP contribution is -1.87. The van der Waals surface area contributed by atoms with Crippen molar-refractivity contribution >= 4 is 21.9 Å². The first-order chi connectivity index (χ1) is 6.66. The van der Waals surface area contributed by atoms with E-state index in [4.69, 9.17) is 10.3 Å². The van der Waals surface area contributed by atoms with Gasteiger partial charge in [-0.05, 0) is 24.6 Å². The summed E-state index contributed by atoms with van der Waals surface area (Å²) in [4.78, 5) is 3.96. The first-order valence-corrected chi connectivity index (χ1v) is 4.82. The van der Waals surface area contributed by atoms with E-state index >= 15 is 0 Å². The molecule has 1 heterocycles. The SMILES string of the molecule is Cc1ccc(Br)cc1-c1noc(N)n1. The van der Waals surface area contributed by atoms with Gasteiger partial charge in [-0.1, -0.05) is 27.2 Å². The number of hydrogen-bond acceptors (Lipinski definition) is 4. The average molecular weight is 254 g/mol. The van der Waals surface area contributed by atoms with Crippen LogP contribution in [0.5, 0.6) is 0 Å². The largest absolute Gasteiger partial charge is 0.351 e. The van der Waals surface area contributed by atoms with Crippen molar-refractivity contribution in [2.24, 2.45) is 0 Å². The van der Waals surface area contributed by atoms with Crippen molar-refractivity contribution in [3.63, 3.8) is 0 Å². The molecule has 5 heteroatoms. The van der Waals surface area contributed by atoms with Crippen molar-refractivity contribution < 1.29 is 4.52 Å². The quantitative estimate of drug-likeness (QED) is 0.848. The van der Waals surface area contributed by atoms with E-state index in [1.165, 1.54) is 0 Å². The molecule has 72 valence electrons. The standard InChI is InChI=1S/C9H8BrN3O/c1-5-2-3-6(10)4-7(5)8-12-9(11)14-13-8/h2-4H,1H3,(H2,11,12,13). The predicted octanol–water partition coefficient (Wildman–Crippen LogP) is 2.39. The fraction of sp³-hybridized carbons (Fsp3) is 0.111. The molecule has 0 amide bonds. The second-order valence-corrected chi connectivity index (χ2v) is 3.83. The van der Waals surface area contributed by atoms with Gasteiger partial charge in [0, 0.05) is 10.0 Å². The lowest BCUT2D eigenvalue weighted by molar-refractivity contribution is 0.437. The molecular weight excluding hydrogens is 246 g/mol. The van der Waals surface area contributed by atoms with Gasteiger partial charge in [0.1, 0.15) is 0 Å². The Morgan fingerprint density at radius 2 is 2.21 bits per heavy atom. The van der Waals surface area contributed by atoms with Crippen LogP contribution in [0.1, 0.15) is 5.56 Å². The highest BCUT2D eigenvalue weighted by Crippen LogP contribution is 2.24. The summed E-state index contributed by atoms with van der Waals surface area (Å²) < 4.78 is 5.69. The van der Waals surface area contributed by atoms with Crippen molar-refractivity contribution in [1.29, 1.82) is 0 Å². The van der Waals surface area contributed by atoms with Gasteiger partial charge in [-0.2, -0.15) is 4.98 Å². The smallest absolute Gasteiger partial charge is 0.319 e. The second kappa shape index (κ2) is 3.42. The molecule has 4 nitrogen and oxygen atoms in total. The van der Waals surface area contributed by atoms with Gasteiger partial charge in [0.25, 0.3) is 0 Å². The molecule has 14 heavy (non-hydrogen) atoms. The third-order valence-corrected chi connectivity index (χ3v) is 2.38. The first-order valence-electron chi connectivity index (χ1n) is 4.02. The van der Waals surface area contributed by atoms with Crippen LogP contribution in [0.25, 0.3) is 11.4 Å². The molecule has 0 spiro atoms. The Kier molecular flexibility index (Phi) is 2.25. The van der Waals surface area contributed by atoms with E-state index in [9.17, 15) is 0 Å². The first kappa shape index (κ1) is 9.21. The topological polar surface area (TPSA) is 64.9 Å². The Labute approximate surface area is 89.2 Å². The highest BCUT2D eigenvalue weighted by molar-refractivity contribution is 9.10. The van der Waals surface area contributed by atoms with Crippen LogP contribution in [0, 0.1) is 6.92 Å². The van der Waals surface area contributed by atoms with E-state index in [1.807, 2.05) is 25.1 Å². The third-order valence-electron chi connectivity index (χ3n) is 1.88. The fourth-order valence-electron chi connectivity index (χ4n) is 1.18. The molecule has 1 aromatic carbocycles. The minimum Gasteiger partial charge on any atom is -0.351 e. The Hall–Kier alpha value is -1.36. The summed E-state index contributed by atoms with van der Waals surface area (Å²) in [5.74, 6) is 0.515. The van der Waals surface area contributed by atoms with Crippen molar-refractivity contribution in [1.82, 2.24) is 10.1 Å². The number of nitrogens with zero attached hydrogens (tertiary/aromatic N) is 2. The summed E-state index contributed by atoms with van der Waals surface area (Å²) in [5, 5.41) is 3.76. The van der Waals surface area contributed by atoms with Gasteiger partial charge in [0.05, 0.1) is 0 Å². The van der Waals surface area contributed by atoms with E-state index in [-0.39, 0.29) is 6.01 Å². The van der Waals surface area contributed by atoms with Crippen molar-refractivity contribution in [2.75, 3.05) is 5.73 Å². The maximum absolute atomic E-state index is 5.35. The molecule has 0 saturated heterocycles. The van der Waals surface area contributed by atoms with Gasteiger partial charge in [-0.25, -0.2) is 0 Å². The number of nitrogen functional groups attached to an aromatic ring is 1. The molecule has 0 aliphatic heterocycles. The molecule has 0 radical (unpaired) electrons. The number of halogens is 1. The molecule has 0 aliphatic carbocycles. The molecule has 2 N–H and O–H groups in total. The zero-order valence-corrected chi connectivity index (χ0v) is 9.08. The second-order valence-electron chi connectivity index (χ2n) is 2.92. The monoisotopic (exact) mass is 253 g/mol. The van der Waals surface area contributed by atoms with Crippen molar-refractivity contribution in [3.05, 3.63) is 28.2 Å². The summed E-state index contributed by atoms with van der Waals surface area (Å²) in [6.07, 6.45) is 0. The number of aryl methyl sites for hydroxylation is 1. The minimum atomic E-state index is 0.0828. The summed E-state index contributed by atoms with van der Waals surface area (Å²) in [5.41, 5.74) is 7.35. The van der Waals surface area contributed by atoms with Crippen molar-refractivity contribution in [3.8, 4) is 11.4 Å². The van der Waals surface area contributed by atoms with Crippen molar-refractivity contribution in [2.45, 2.75) is 6.92 Å². The normalized spacial score (nSPS) is 10.4. The lowest BCUT2D eigenvalue weighted by atomic mass is 10.1. The maximum Gasteiger partial charge on any atom is 0.319 e. The van der Waals surface area contributed by atoms with Gasteiger partial charge in [-0.15, -0.1) is 0 Å². The Bertz CT molecular complexity index is 467. The van der Waals surface area contributed by atoms with Gasteiger partial charge in [0.15, 0.2) is 0 Å². The molecule has 2 aromatic rings. The van der Waals surface area contributed by atoms with E-state index in [0.717, 1.165) is 15.6 Å². The van der Waals surface area contributed by atoms with Crippen LogP contribution in [-0.4, -0.2) is 10.1 Å². The van der Waals surface area contributed by atoms with Crippen LogP contribution < -0.4 is 5.73 Å². The predicted molar refractivity (Wildman–Crippen MR) is 56.6 cm³/mol. The molecule has 0 atom stereocenters. The van der Waals surface area contributed by atoms with Crippen LogP contribution in [-0.2, 0) is 0 Å². The Morgan fingerprint density at radius 3 is 2.86 bits per heavy atom. The van der Waals surface area contributed by atoms with E-state index in [2.05, 4.69) is 26.1 Å².